The zero-order chi connectivity index (χ0) is 12.2. The maximum Gasteiger partial charge on any atom is 0.241 e. The lowest BCUT2D eigenvalue weighted by molar-refractivity contribution is 0.411. The SMILES string of the molecule is CCC(C)(CN)NS(=O)(=O)c1ccccc1. The molecule has 0 aliphatic rings. The molecular weight excluding hydrogens is 224 g/mol. The first-order valence-electron chi connectivity index (χ1n) is 5.22. The molecule has 0 heterocycles. The average Bonchev–Trinajstić information content (AvgIpc) is 2.29. The highest BCUT2D eigenvalue weighted by molar-refractivity contribution is 7.89. The highest BCUT2D eigenvalue weighted by atomic mass is 32.2. The van der Waals surface area contributed by atoms with Gasteiger partial charge < -0.3 is 5.73 Å². The number of hydrogen-bond acceptors (Lipinski definition) is 3. The number of rotatable bonds is 5. The van der Waals surface area contributed by atoms with E-state index in [0.717, 1.165) is 0 Å². The Kier molecular flexibility index (Phi) is 4.07. The Morgan fingerprint density at radius 2 is 1.88 bits per heavy atom. The van der Waals surface area contributed by atoms with Gasteiger partial charge in [0.1, 0.15) is 0 Å². The van der Waals surface area contributed by atoms with Gasteiger partial charge in [0, 0.05) is 12.1 Å². The average molecular weight is 242 g/mol. The van der Waals surface area contributed by atoms with Crippen LogP contribution in [-0.4, -0.2) is 20.5 Å². The van der Waals surface area contributed by atoms with E-state index in [1.54, 1.807) is 37.3 Å². The van der Waals surface area contributed by atoms with Gasteiger partial charge in [0.05, 0.1) is 4.90 Å². The van der Waals surface area contributed by atoms with Gasteiger partial charge in [-0.25, -0.2) is 13.1 Å². The minimum atomic E-state index is -3.47. The first kappa shape index (κ1) is 13.2. The van der Waals surface area contributed by atoms with Crippen molar-refractivity contribution in [2.75, 3.05) is 6.54 Å². The van der Waals surface area contributed by atoms with Gasteiger partial charge in [-0.2, -0.15) is 0 Å². The largest absolute Gasteiger partial charge is 0.329 e. The van der Waals surface area contributed by atoms with Crippen LogP contribution in [0.15, 0.2) is 35.2 Å². The van der Waals surface area contributed by atoms with Crippen LogP contribution in [0.5, 0.6) is 0 Å². The van der Waals surface area contributed by atoms with Gasteiger partial charge in [-0.3, -0.25) is 0 Å². The molecule has 1 rings (SSSR count). The molecule has 1 atom stereocenters. The first-order valence-corrected chi connectivity index (χ1v) is 6.71. The lowest BCUT2D eigenvalue weighted by atomic mass is 10.0. The van der Waals surface area contributed by atoms with E-state index in [-0.39, 0.29) is 11.4 Å². The van der Waals surface area contributed by atoms with Gasteiger partial charge in [-0.15, -0.1) is 0 Å². The van der Waals surface area contributed by atoms with Crippen LogP contribution in [0.3, 0.4) is 0 Å². The van der Waals surface area contributed by atoms with Crippen LogP contribution in [0.2, 0.25) is 0 Å². The van der Waals surface area contributed by atoms with Crippen molar-refractivity contribution in [3.05, 3.63) is 30.3 Å². The van der Waals surface area contributed by atoms with Crippen molar-refractivity contribution < 1.29 is 8.42 Å². The monoisotopic (exact) mass is 242 g/mol. The molecule has 1 aromatic rings. The molecule has 90 valence electrons. The molecule has 1 unspecified atom stereocenters. The molecule has 16 heavy (non-hydrogen) atoms. The number of sulfonamides is 1. The minimum Gasteiger partial charge on any atom is -0.329 e. The van der Waals surface area contributed by atoms with Crippen molar-refractivity contribution >= 4 is 10.0 Å². The van der Waals surface area contributed by atoms with E-state index >= 15 is 0 Å². The third-order valence-electron chi connectivity index (χ3n) is 2.67. The molecule has 0 saturated heterocycles. The summed E-state index contributed by atoms with van der Waals surface area (Å²) in [5.41, 5.74) is 4.99. The van der Waals surface area contributed by atoms with Crippen LogP contribution in [0.4, 0.5) is 0 Å². The summed E-state index contributed by atoms with van der Waals surface area (Å²) in [7, 11) is -3.47. The number of benzene rings is 1. The number of hydrogen-bond donors (Lipinski definition) is 2. The van der Waals surface area contributed by atoms with Gasteiger partial charge in [-0.1, -0.05) is 25.1 Å². The maximum atomic E-state index is 12.0. The van der Waals surface area contributed by atoms with E-state index in [1.807, 2.05) is 6.92 Å². The van der Waals surface area contributed by atoms with Crippen molar-refractivity contribution in [2.24, 2.45) is 5.73 Å². The first-order chi connectivity index (χ1) is 7.43. The van der Waals surface area contributed by atoms with Crippen molar-refractivity contribution in [1.29, 1.82) is 0 Å². The van der Waals surface area contributed by atoms with Crippen molar-refractivity contribution in [3.8, 4) is 0 Å². The molecule has 0 spiro atoms. The van der Waals surface area contributed by atoms with Crippen LogP contribution in [0.25, 0.3) is 0 Å². The quantitative estimate of drug-likeness (QED) is 0.812. The Bertz CT molecular complexity index is 425. The summed E-state index contributed by atoms with van der Waals surface area (Å²) in [6.45, 7) is 3.98. The van der Waals surface area contributed by atoms with Gasteiger partial charge in [-0.05, 0) is 25.5 Å². The molecule has 0 saturated carbocycles. The fourth-order valence-corrected chi connectivity index (χ4v) is 2.75. The molecule has 1 aromatic carbocycles. The van der Waals surface area contributed by atoms with Crippen molar-refractivity contribution in [2.45, 2.75) is 30.7 Å². The van der Waals surface area contributed by atoms with Gasteiger partial charge >= 0.3 is 0 Å². The second-order valence-electron chi connectivity index (χ2n) is 4.04. The minimum absolute atomic E-state index is 0.267. The van der Waals surface area contributed by atoms with E-state index in [1.165, 1.54) is 0 Å². The second kappa shape index (κ2) is 4.95. The van der Waals surface area contributed by atoms with E-state index in [0.29, 0.717) is 6.42 Å². The summed E-state index contributed by atoms with van der Waals surface area (Å²) in [4.78, 5) is 0.267. The molecule has 4 nitrogen and oxygen atoms in total. The summed E-state index contributed by atoms with van der Waals surface area (Å²) >= 11 is 0. The van der Waals surface area contributed by atoms with E-state index in [4.69, 9.17) is 5.73 Å². The summed E-state index contributed by atoms with van der Waals surface area (Å²) in [6, 6.07) is 8.30. The summed E-state index contributed by atoms with van der Waals surface area (Å²) < 4.78 is 26.6. The Morgan fingerprint density at radius 1 is 1.31 bits per heavy atom. The summed E-state index contributed by atoms with van der Waals surface area (Å²) in [5.74, 6) is 0. The molecule has 0 aliphatic carbocycles. The lowest BCUT2D eigenvalue weighted by Crippen LogP contribution is -2.50. The molecule has 3 N–H and O–H groups in total. The van der Waals surface area contributed by atoms with Gasteiger partial charge in [0.15, 0.2) is 0 Å². The molecule has 0 aliphatic heterocycles. The molecule has 5 heteroatoms. The Balaban J connectivity index is 2.97. The number of nitrogens with two attached hydrogens (primary N) is 1. The Hall–Kier alpha value is -0.910. The maximum absolute atomic E-state index is 12.0. The van der Waals surface area contributed by atoms with Crippen LogP contribution in [-0.2, 0) is 10.0 Å². The predicted octanol–water partition coefficient (Wildman–Crippen LogP) is 1.09. The molecule has 0 aromatic heterocycles. The third-order valence-corrected chi connectivity index (χ3v) is 4.32. The fraction of sp³-hybridized carbons (Fsp3) is 0.455. The van der Waals surface area contributed by atoms with Gasteiger partial charge in [0.25, 0.3) is 0 Å². The Morgan fingerprint density at radius 3 is 2.31 bits per heavy atom. The zero-order valence-corrected chi connectivity index (χ0v) is 10.4. The lowest BCUT2D eigenvalue weighted by Gasteiger charge is -2.27. The van der Waals surface area contributed by atoms with Crippen LogP contribution >= 0.6 is 0 Å². The molecule has 0 radical (unpaired) electrons. The van der Waals surface area contributed by atoms with Crippen LogP contribution in [0.1, 0.15) is 20.3 Å². The highest BCUT2D eigenvalue weighted by Crippen LogP contribution is 2.14. The highest BCUT2D eigenvalue weighted by Gasteiger charge is 2.27. The zero-order valence-electron chi connectivity index (χ0n) is 9.60. The number of nitrogens with one attached hydrogen (secondary N) is 1. The second-order valence-corrected chi connectivity index (χ2v) is 5.72. The molecular formula is C11H18N2O2S. The summed E-state index contributed by atoms with van der Waals surface area (Å²) in [5, 5.41) is 0. The topological polar surface area (TPSA) is 72.2 Å². The van der Waals surface area contributed by atoms with E-state index in [2.05, 4.69) is 4.72 Å². The normalized spacial score (nSPS) is 15.7. The molecule has 0 bridgehead atoms. The van der Waals surface area contributed by atoms with Crippen LogP contribution in [0, 0.1) is 0 Å². The van der Waals surface area contributed by atoms with Crippen molar-refractivity contribution in [1.82, 2.24) is 4.72 Å². The van der Waals surface area contributed by atoms with E-state index in [9.17, 15) is 8.42 Å². The Labute approximate surface area is 96.9 Å². The fourth-order valence-electron chi connectivity index (χ4n) is 1.24. The third kappa shape index (κ3) is 3.04. The predicted molar refractivity (Wildman–Crippen MR) is 64.5 cm³/mol. The van der Waals surface area contributed by atoms with Crippen molar-refractivity contribution in [3.63, 3.8) is 0 Å². The van der Waals surface area contributed by atoms with Gasteiger partial charge in [0.2, 0.25) is 10.0 Å². The van der Waals surface area contributed by atoms with E-state index < -0.39 is 15.6 Å². The smallest absolute Gasteiger partial charge is 0.241 e. The molecule has 0 amide bonds. The van der Waals surface area contributed by atoms with Crippen LogP contribution < -0.4 is 10.5 Å². The standard InChI is InChI=1S/C11H18N2O2S/c1-3-11(2,9-12)13-16(14,15)10-7-5-4-6-8-10/h4-8,13H,3,9,12H2,1-2H3. The molecule has 0 fully saturated rings. The summed E-state index contributed by atoms with van der Waals surface area (Å²) in [6.07, 6.45) is 0.648.